The molecular formula is C57H50N2. The summed E-state index contributed by atoms with van der Waals surface area (Å²) in [6, 6.07) is 48.5. The molecule has 12 rings (SSSR count). The number of hydrogen-bond donors (Lipinski definition) is 0. The molecule has 1 aromatic heterocycles. The fraction of sp³-hybridized carbons (Fsp3) is 0.228. The van der Waals surface area contributed by atoms with Crippen molar-refractivity contribution in [3.8, 4) is 27.9 Å². The van der Waals surface area contributed by atoms with E-state index >= 15 is 0 Å². The van der Waals surface area contributed by atoms with Gasteiger partial charge in [0.15, 0.2) is 0 Å². The van der Waals surface area contributed by atoms with Crippen molar-refractivity contribution in [3.05, 3.63) is 197 Å². The predicted octanol–water partition coefficient (Wildman–Crippen LogP) is 14.9. The third kappa shape index (κ3) is 4.69. The summed E-state index contributed by atoms with van der Waals surface area (Å²) in [4.78, 5) is 2.57. The zero-order valence-electron chi connectivity index (χ0n) is 35.0. The minimum absolute atomic E-state index is 0.0733. The fourth-order valence-corrected chi connectivity index (χ4v) is 12.1. The first-order chi connectivity index (χ1) is 28.5. The zero-order valence-corrected chi connectivity index (χ0v) is 35.0. The number of rotatable bonds is 4. The lowest BCUT2D eigenvalue weighted by atomic mass is 9.73. The van der Waals surface area contributed by atoms with Gasteiger partial charge in [-0.05, 0) is 123 Å². The number of allylic oxidation sites excluding steroid dienone is 8. The highest BCUT2D eigenvalue weighted by Gasteiger charge is 2.47. The molecule has 0 bridgehead atoms. The number of anilines is 2. The highest BCUT2D eigenvalue weighted by Crippen LogP contribution is 2.58. The molecule has 2 heterocycles. The van der Waals surface area contributed by atoms with Crippen LogP contribution in [0.2, 0.25) is 0 Å². The Balaban J connectivity index is 0.984. The van der Waals surface area contributed by atoms with Crippen molar-refractivity contribution in [2.75, 3.05) is 4.90 Å². The summed E-state index contributed by atoms with van der Waals surface area (Å²) >= 11 is 0. The minimum atomic E-state index is -0.0741. The molecule has 6 aromatic carbocycles. The molecule has 59 heavy (non-hydrogen) atoms. The van der Waals surface area contributed by atoms with Gasteiger partial charge < -0.3 is 9.47 Å². The Hall–Kier alpha value is -6.12. The van der Waals surface area contributed by atoms with Crippen LogP contribution in [0.4, 0.5) is 11.4 Å². The molecule has 2 atom stereocenters. The van der Waals surface area contributed by atoms with Crippen molar-refractivity contribution in [1.29, 1.82) is 0 Å². The summed E-state index contributed by atoms with van der Waals surface area (Å²) in [5.41, 5.74) is 21.6. The van der Waals surface area contributed by atoms with E-state index in [0.717, 1.165) is 12.8 Å². The van der Waals surface area contributed by atoms with Crippen molar-refractivity contribution in [1.82, 2.24) is 4.57 Å². The maximum Gasteiger partial charge on any atom is 0.0582 e. The van der Waals surface area contributed by atoms with E-state index in [1.54, 1.807) is 5.57 Å². The first-order valence-electron chi connectivity index (χ1n) is 21.6. The molecule has 1 aliphatic heterocycles. The highest BCUT2D eigenvalue weighted by molar-refractivity contribution is 6.12. The number of para-hydroxylation sites is 2. The monoisotopic (exact) mass is 762 g/mol. The van der Waals surface area contributed by atoms with Crippen LogP contribution < -0.4 is 4.90 Å². The maximum atomic E-state index is 2.57. The van der Waals surface area contributed by atoms with Crippen molar-refractivity contribution in [2.24, 2.45) is 17.3 Å². The summed E-state index contributed by atoms with van der Waals surface area (Å²) in [7, 11) is 0. The van der Waals surface area contributed by atoms with Crippen LogP contribution >= 0.6 is 0 Å². The van der Waals surface area contributed by atoms with Crippen LogP contribution in [0.1, 0.15) is 76.6 Å². The Kier molecular flexibility index (Phi) is 7.08. The van der Waals surface area contributed by atoms with Crippen LogP contribution in [0.5, 0.6) is 0 Å². The maximum absolute atomic E-state index is 2.57. The fourth-order valence-electron chi connectivity index (χ4n) is 12.1. The summed E-state index contributed by atoms with van der Waals surface area (Å²) < 4.78 is 2.51. The van der Waals surface area contributed by atoms with E-state index in [2.05, 4.69) is 209 Å². The third-order valence-corrected chi connectivity index (χ3v) is 15.2. The molecule has 7 aromatic rings. The van der Waals surface area contributed by atoms with Crippen LogP contribution in [0, 0.1) is 17.3 Å². The van der Waals surface area contributed by atoms with Gasteiger partial charge in [0.05, 0.1) is 16.7 Å². The summed E-state index contributed by atoms with van der Waals surface area (Å²) in [6.07, 6.45) is 14.1. The normalized spacial score (nSPS) is 20.9. The molecule has 0 amide bonds. The Morgan fingerprint density at radius 1 is 0.559 bits per heavy atom. The molecule has 0 saturated heterocycles. The SMILES string of the molecule is CC1(C)c2ccccc2-c2ccc(N(C3=CC4=C(CC3)C3C=CC=CC3C4(C)C)c3ccc(-c4ccc5c(c4)c4cccc6c4n5-c4ccccc4C6(C)C)cc3)cc21. The van der Waals surface area contributed by atoms with Gasteiger partial charge in [0.2, 0.25) is 0 Å². The molecule has 0 N–H and O–H groups in total. The van der Waals surface area contributed by atoms with Crippen molar-refractivity contribution >= 4 is 33.2 Å². The average molecular weight is 763 g/mol. The lowest BCUT2D eigenvalue weighted by Gasteiger charge is -2.34. The van der Waals surface area contributed by atoms with E-state index < -0.39 is 0 Å². The standard InChI is InChI=1S/C57H50N2/c1-55(2)46-17-9-7-14-40(46)42-29-27-38(33-50(42)55)58(39-28-30-43-41-15-8-10-18-47(41)56(3,4)51(43)34-39)37-25-22-35(23-26-37)36-24-31-52-45(32-36)44-16-13-20-49-54(44)59(52)53-21-12-11-19-48(53)57(49,5)6/h7-27,29,31-34,41,47H,28,30H2,1-6H3. The van der Waals surface area contributed by atoms with E-state index in [0.29, 0.717) is 11.8 Å². The summed E-state index contributed by atoms with van der Waals surface area (Å²) in [5.74, 6) is 1.02. The number of hydrogen-bond acceptors (Lipinski definition) is 1. The second-order valence-corrected chi connectivity index (χ2v) is 19.3. The molecule has 0 spiro atoms. The molecule has 2 unspecified atom stereocenters. The second kappa shape index (κ2) is 12.0. The van der Waals surface area contributed by atoms with Gasteiger partial charge in [-0.1, -0.05) is 156 Å². The molecule has 0 radical (unpaired) electrons. The van der Waals surface area contributed by atoms with Crippen molar-refractivity contribution in [3.63, 3.8) is 0 Å². The summed E-state index contributed by atoms with van der Waals surface area (Å²) in [6.45, 7) is 14.4. The van der Waals surface area contributed by atoms with Gasteiger partial charge in [0.25, 0.3) is 0 Å². The van der Waals surface area contributed by atoms with Gasteiger partial charge in [-0.2, -0.15) is 0 Å². The predicted molar refractivity (Wildman–Crippen MR) is 248 cm³/mol. The topological polar surface area (TPSA) is 8.17 Å². The largest absolute Gasteiger partial charge is 0.314 e. The first-order valence-corrected chi connectivity index (χ1v) is 21.6. The minimum Gasteiger partial charge on any atom is -0.314 e. The quantitative estimate of drug-likeness (QED) is 0.173. The van der Waals surface area contributed by atoms with Crippen LogP contribution in [0.25, 0.3) is 49.7 Å². The van der Waals surface area contributed by atoms with E-state index in [1.807, 2.05) is 0 Å². The smallest absolute Gasteiger partial charge is 0.0582 e. The lowest BCUT2D eigenvalue weighted by Crippen LogP contribution is -2.26. The Morgan fingerprint density at radius 2 is 1.25 bits per heavy atom. The van der Waals surface area contributed by atoms with E-state index in [4.69, 9.17) is 0 Å². The molecular weight excluding hydrogens is 713 g/mol. The third-order valence-electron chi connectivity index (χ3n) is 15.2. The number of fused-ring (bicyclic) bond motifs is 10. The van der Waals surface area contributed by atoms with Gasteiger partial charge in [0.1, 0.15) is 0 Å². The molecule has 2 heteroatoms. The van der Waals surface area contributed by atoms with Crippen LogP contribution in [0.15, 0.2) is 175 Å². The molecule has 4 aliphatic carbocycles. The van der Waals surface area contributed by atoms with Crippen molar-refractivity contribution in [2.45, 2.75) is 65.2 Å². The second-order valence-electron chi connectivity index (χ2n) is 19.3. The number of benzene rings is 6. The van der Waals surface area contributed by atoms with Crippen LogP contribution in [-0.2, 0) is 10.8 Å². The molecule has 288 valence electrons. The number of nitrogens with zero attached hydrogens (tertiary/aromatic N) is 2. The summed E-state index contributed by atoms with van der Waals surface area (Å²) in [5, 5.41) is 2.63. The number of aromatic nitrogens is 1. The van der Waals surface area contributed by atoms with Gasteiger partial charge >= 0.3 is 0 Å². The van der Waals surface area contributed by atoms with Gasteiger partial charge in [0, 0.05) is 44.6 Å². The highest BCUT2D eigenvalue weighted by atomic mass is 15.1. The van der Waals surface area contributed by atoms with E-state index in [9.17, 15) is 0 Å². The van der Waals surface area contributed by atoms with E-state index in [-0.39, 0.29) is 16.2 Å². The lowest BCUT2D eigenvalue weighted by molar-refractivity contribution is 0.320. The Bertz CT molecular complexity index is 3080. The van der Waals surface area contributed by atoms with E-state index in [1.165, 1.54) is 94.6 Å². The first kappa shape index (κ1) is 34.9. The van der Waals surface area contributed by atoms with Gasteiger partial charge in [-0.25, -0.2) is 0 Å². The van der Waals surface area contributed by atoms with Crippen molar-refractivity contribution < 1.29 is 0 Å². The van der Waals surface area contributed by atoms with Gasteiger partial charge in [-0.3, -0.25) is 0 Å². The molecule has 5 aliphatic rings. The molecule has 2 nitrogen and oxygen atoms in total. The average Bonchev–Trinajstić information content (AvgIpc) is 3.80. The van der Waals surface area contributed by atoms with Crippen LogP contribution in [-0.4, -0.2) is 4.57 Å². The Labute approximate surface area is 348 Å². The zero-order chi connectivity index (χ0) is 40.0. The molecule has 0 fully saturated rings. The van der Waals surface area contributed by atoms with Crippen LogP contribution in [0.3, 0.4) is 0 Å². The molecule has 0 saturated carbocycles. The Morgan fingerprint density at radius 3 is 2.10 bits per heavy atom. The van der Waals surface area contributed by atoms with Gasteiger partial charge in [-0.15, -0.1) is 0 Å².